The minimum atomic E-state index is -0.387. The number of hydrogen-bond donors (Lipinski definition) is 1. The van der Waals surface area contributed by atoms with Crippen LogP contribution in [0.3, 0.4) is 0 Å². The Labute approximate surface area is 77.5 Å². The molecule has 1 aromatic heterocycles. The van der Waals surface area contributed by atoms with Crippen LogP contribution in [0.25, 0.3) is 0 Å². The summed E-state index contributed by atoms with van der Waals surface area (Å²) >= 11 is 5.95. The molecule has 0 bridgehead atoms. The highest BCUT2D eigenvalue weighted by Crippen LogP contribution is 2.27. The largest absolute Gasteiger partial charge is 0.320 e. The molecule has 1 heterocycles. The molecule has 1 unspecified atom stereocenters. The van der Waals surface area contributed by atoms with Gasteiger partial charge in [0.2, 0.25) is 0 Å². The van der Waals surface area contributed by atoms with Crippen molar-refractivity contribution in [2.24, 2.45) is 12.8 Å². The number of halogens is 1. The fourth-order valence-electron chi connectivity index (χ4n) is 1.22. The fourth-order valence-corrected chi connectivity index (χ4v) is 1.60. The van der Waals surface area contributed by atoms with Crippen LogP contribution in [0.15, 0.2) is 6.20 Å². The van der Waals surface area contributed by atoms with Crippen molar-refractivity contribution in [1.29, 1.82) is 0 Å². The first-order chi connectivity index (χ1) is 5.49. The standard InChI is InChI=1S/C8H14ClN3/c1-4-8(2,10)7-6(9)5-11-12(7)3/h5H,4,10H2,1-3H3. The molecule has 0 aliphatic carbocycles. The van der Waals surface area contributed by atoms with E-state index in [9.17, 15) is 0 Å². The van der Waals surface area contributed by atoms with Gasteiger partial charge in [-0.3, -0.25) is 4.68 Å². The van der Waals surface area contributed by atoms with Crippen LogP contribution < -0.4 is 5.73 Å². The summed E-state index contributed by atoms with van der Waals surface area (Å²) in [5.74, 6) is 0. The van der Waals surface area contributed by atoms with Crippen LogP contribution in [0, 0.1) is 0 Å². The summed E-state index contributed by atoms with van der Waals surface area (Å²) in [5, 5.41) is 4.68. The topological polar surface area (TPSA) is 43.8 Å². The van der Waals surface area contributed by atoms with Crippen molar-refractivity contribution in [3.05, 3.63) is 16.9 Å². The van der Waals surface area contributed by atoms with Crippen LogP contribution in [-0.2, 0) is 12.6 Å². The summed E-state index contributed by atoms with van der Waals surface area (Å²) in [5.41, 5.74) is 6.55. The van der Waals surface area contributed by atoms with Crippen LogP contribution in [0.4, 0.5) is 0 Å². The first kappa shape index (κ1) is 9.55. The van der Waals surface area contributed by atoms with Crippen molar-refractivity contribution in [1.82, 2.24) is 9.78 Å². The third-order valence-corrected chi connectivity index (χ3v) is 2.45. The van der Waals surface area contributed by atoms with Crippen molar-refractivity contribution in [3.63, 3.8) is 0 Å². The minimum Gasteiger partial charge on any atom is -0.320 e. The number of aryl methyl sites for hydroxylation is 1. The van der Waals surface area contributed by atoms with E-state index in [1.165, 1.54) is 0 Å². The predicted octanol–water partition coefficient (Wildman–Crippen LogP) is 1.66. The molecular weight excluding hydrogens is 174 g/mol. The van der Waals surface area contributed by atoms with Crippen LogP contribution >= 0.6 is 11.6 Å². The monoisotopic (exact) mass is 187 g/mol. The first-order valence-corrected chi connectivity index (χ1v) is 4.33. The summed E-state index contributed by atoms with van der Waals surface area (Å²) in [6.45, 7) is 3.99. The average molecular weight is 188 g/mol. The third kappa shape index (κ3) is 1.47. The summed E-state index contributed by atoms with van der Waals surface area (Å²) < 4.78 is 1.73. The van der Waals surface area contributed by atoms with Crippen LogP contribution in [0.2, 0.25) is 5.02 Å². The molecule has 0 radical (unpaired) electrons. The zero-order valence-corrected chi connectivity index (χ0v) is 8.39. The highest BCUT2D eigenvalue weighted by Gasteiger charge is 2.25. The minimum absolute atomic E-state index is 0.387. The van der Waals surface area contributed by atoms with Gasteiger partial charge in [-0.05, 0) is 13.3 Å². The van der Waals surface area contributed by atoms with Gasteiger partial charge >= 0.3 is 0 Å². The van der Waals surface area contributed by atoms with E-state index in [0.717, 1.165) is 12.1 Å². The Morgan fingerprint density at radius 3 is 2.67 bits per heavy atom. The molecule has 68 valence electrons. The van der Waals surface area contributed by atoms with E-state index in [1.807, 2.05) is 20.9 Å². The normalized spacial score (nSPS) is 16.1. The molecule has 0 aliphatic rings. The van der Waals surface area contributed by atoms with E-state index in [4.69, 9.17) is 17.3 Å². The zero-order chi connectivity index (χ0) is 9.35. The molecule has 1 rings (SSSR count). The van der Waals surface area contributed by atoms with Crippen molar-refractivity contribution < 1.29 is 0 Å². The van der Waals surface area contributed by atoms with E-state index in [2.05, 4.69) is 5.10 Å². The second kappa shape index (κ2) is 3.07. The smallest absolute Gasteiger partial charge is 0.0836 e. The van der Waals surface area contributed by atoms with Gasteiger partial charge in [-0.25, -0.2) is 0 Å². The molecule has 2 N–H and O–H groups in total. The lowest BCUT2D eigenvalue weighted by molar-refractivity contribution is 0.436. The van der Waals surface area contributed by atoms with Crippen LogP contribution in [0.1, 0.15) is 26.0 Å². The van der Waals surface area contributed by atoms with Gasteiger partial charge in [-0.15, -0.1) is 0 Å². The fraction of sp³-hybridized carbons (Fsp3) is 0.625. The van der Waals surface area contributed by atoms with E-state index in [0.29, 0.717) is 5.02 Å². The number of aromatic nitrogens is 2. The molecule has 0 aliphatic heterocycles. The Hall–Kier alpha value is -0.540. The van der Waals surface area contributed by atoms with E-state index in [1.54, 1.807) is 10.9 Å². The molecule has 0 saturated carbocycles. The Balaban J connectivity index is 3.17. The van der Waals surface area contributed by atoms with Gasteiger partial charge in [-0.2, -0.15) is 5.10 Å². The molecule has 0 amide bonds. The molecule has 0 saturated heterocycles. The van der Waals surface area contributed by atoms with Crippen LogP contribution in [0.5, 0.6) is 0 Å². The van der Waals surface area contributed by atoms with E-state index in [-0.39, 0.29) is 5.54 Å². The lowest BCUT2D eigenvalue weighted by Crippen LogP contribution is -2.34. The van der Waals surface area contributed by atoms with E-state index < -0.39 is 0 Å². The Morgan fingerprint density at radius 1 is 1.75 bits per heavy atom. The lowest BCUT2D eigenvalue weighted by atomic mass is 9.96. The summed E-state index contributed by atoms with van der Waals surface area (Å²) in [6.07, 6.45) is 2.46. The molecule has 12 heavy (non-hydrogen) atoms. The van der Waals surface area contributed by atoms with Gasteiger partial charge in [0, 0.05) is 7.05 Å². The zero-order valence-electron chi connectivity index (χ0n) is 7.63. The van der Waals surface area contributed by atoms with Gasteiger partial charge in [-0.1, -0.05) is 18.5 Å². The van der Waals surface area contributed by atoms with Crippen molar-refractivity contribution in [2.75, 3.05) is 0 Å². The maximum atomic E-state index is 6.04. The molecule has 0 fully saturated rings. The predicted molar refractivity (Wildman–Crippen MR) is 50.0 cm³/mol. The number of nitrogens with two attached hydrogens (primary N) is 1. The molecule has 4 heteroatoms. The number of hydrogen-bond acceptors (Lipinski definition) is 2. The Morgan fingerprint density at radius 2 is 2.33 bits per heavy atom. The van der Waals surface area contributed by atoms with E-state index >= 15 is 0 Å². The highest BCUT2D eigenvalue weighted by molar-refractivity contribution is 6.31. The van der Waals surface area contributed by atoms with Gasteiger partial charge in [0.05, 0.1) is 22.5 Å². The maximum Gasteiger partial charge on any atom is 0.0836 e. The summed E-state index contributed by atoms with van der Waals surface area (Å²) in [4.78, 5) is 0. The van der Waals surface area contributed by atoms with Gasteiger partial charge in [0.15, 0.2) is 0 Å². The average Bonchev–Trinajstić information content (AvgIpc) is 2.31. The van der Waals surface area contributed by atoms with Crippen molar-refractivity contribution in [3.8, 4) is 0 Å². The lowest BCUT2D eigenvalue weighted by Gasteiger charge is -2.23. The Kier molecular flexibility index (Phi) is 2.44. The number of nitrogens with zero attached hydrogens (tertiary/aromatic N) is 2. The molecule has 1 aromatic rings. The van der Waals surface area contributed by atoms with Gasteiger partial charge in [0.25, 0.3) is 0 Å². The second-order valence-corrected chi connectivity index (χ2v) is 3.64. The second-order valence-electron chi connectivity index (χ2n) is 3.24. The quantitative estimate of drug-likeness (QED) is 0.766. The summed E-state index contributed by atoms with van der Waals surface area (Å²) in [6, 6.07) is 0. The van der Waals surface area contributed by atoms with Gasteiger partial charge < -0.3 is 5.73 Å². The third-order valence-electron chi connectivity index (χ3n) is 2.17. The highest BCUT2D eigenvalue weighted by atomic mass is 35.5. The number of rotatable bonds is 2. The SMILES string of the molecule is CCC(C)(N)c1c(Cl)cnn1C. The molecule has 0 spiro atoms. The molecular formula is C8H14ClN3. The van der Waals surface area contributed by atoms with Crippen molar-refractivity contribution >= 4 is 11.6 Å². The van der Waals surface area contributed by atoms with Crippen molar-refractivity contribution in [2.45, 2.75) is 25.8 Å². The molecule has 1 atom stereocenters. The molecule has 3 nitrogen and oxygen atoms in total. The molecule has 0 aromatic carbocycles. The Bertz CT molecular complexity index is 258. The van der Waals surface area contributed by atoms with Gasteiger partial charge in [0.1, 0.15) is 0 Å². The maximum absolute atomic E-state index is 6.04. The summed E-state index contributed by atoms with van der Waals surface area (Å²) in [7, 11) is 1.85. The van der Waals surface area contributed by atoms with Crippen LogP contribution in [-0.4, -0.2) is 9.78 Å². The first-order valence-electron chi connectivity index (χ1n) is 3.96.